The zero-order valence-electron chi connectivity index (χ0n) is 9.91. The molecule has 2 aromatic heterocycles. The van der Waals surface area contributed by atoms with Gasteiger partial charge in [-0.3, -0.25) is 0 Å². The average molecular weight is 317 g/mol. The Kier molecular flexibility index (Phi) is 4.04. The third-order valence-corrected chi connectivity index (χ3v) is 6.44. The Morgan fingerprint density at radius 2 is 2.11 bits per heavy atom. The van der Waals surface area contributed by atoms with Crippen molar-refractivity contribution in [1.82, 2.24) is 4.72 Å². The SMILES string of the molecule is Cc1ccsc1CNS(=O)(=O)c1ccc(C(=O)O)s1. The zero-order chi connectivity index (χ0) is 14.0. The molecule has 0 atom stereocenters. The third kappa shape index (κ3) is 3.21. The molecule has 0 amide bonds. The summed E-state index contributed by atoms with van der Waals surface area (Å²) in [6.45, 7) is 2.12. The molecule has 0 aromatic carbocycles. The van der Waals surface area contributed by atoms with Crippen LogP contribution >= 0.6 is 22.7 Å². The maximum absolute atomic E-state index is 12.0. The number of carboxylic acid groups (broad SMARTS) is 1. The smallest absolute Gasteiger partial charge is 0.345 e. The molecule has 0 spiro atoms. The molecular formula is C11H11NO4S3. The van der Waals surface area contributed by atoms with Gasteiger partial charge in [-0.15, -0.1) is 22.7 Å². The molecule has 0 aliphatic rings. The maximum Gasteiger partial charge on any atom is 0.345 e. The molecule has 0 aliphatic heterocycles. The van der Waals surface area contributed by atoms with Crippen molar-refractivity contribution in [3.63, 3.8) is 0 Å². The van der Waals surface area contributed by atoms with Crippen molar-refractivity contribution in [2.24, 2.45) is 0 Å². The number of rotatable bonds is 5. The number of carboxylic acids is 1. The van der Waals surface area contributed by atoms with Crippen molar-refractivity contribution < 1.29 is 18.3 Å². The number of nitrogens with one attached hydrogen (secondary N) is 1. The summed E-state index contributed by atoms with van der Waals surface area (Å²) in [5.74, 6) is -1.12. The van der Waals surface area contributed by atoms with Gasteiger partial charge < -0.3 is 5.11 Å². The minimum Gasteiger partial charge on any atom is -0.477 e. The second-order valence-electron chi connectivity index (χ2n) is 3.78. The number of carbonyl (C=O) groups is 1. The van der Waals surface area contributed by atoms with E-state index in [0.717, 1.165) is 21.8 Å². The molecule has 0 unspecified atom stereocenters. The van der Waals surface area contributed by atoms with E-state index in [1.165, 1.54) is 23.5 Å². The van der Waals surface area contributed by atoms with Crippen LogP contribution in [0.3, 0.4) is 0 Å². The number of thiophene rings is 2. The van der Waals surface area contributed by atoms with Crippen LogP contribution in [-0.4, -0.2) is 19.5 Å². The third-order valence-electron chi connectivity index (χ3n) is 2.45. The van der Waals surface area contributed by atoms with Crippen molar-refractivity contribution in [2.45, 2.75) is 17.7 Å². The van der Waals surface area contributed by atoms with Crippen molar-refractivity contribution in [2.75, 3.05) is 0 Å². The van der Waals surface area contributed by atoms with Gasteiger partial charge in [0, 0.05) is 11.4 Å². The standard InChI is InChI=1S/C11H11NO4S3/c1-7-4-5-17-9(7)6-12-19(15,16)10-3-2-8(18-10)11(13)14/h2-5,12H,6H2,1H3,(H,13,14). The molecule has 2 heterocycles. The van der Waals surface area contributed by atoms with Gasteiger partial charge in [-0.25, -0.2) is 17.9 Å². The highest BCUT2D eigenvalue weighted by molar-refractivity contribution is 7.91. The van der Waals surface area contributed by atoms with Crippen LogP contribution in [-0.2, 0) is 16.6 Å². The van der Waals surface area contributed by atoms with Gasteiger partial charge in [0.25, 0.3) is 0 Å². The Bertz CT molecular complexity index is 699. The first-order valence-electron chi connectivity index (χ1n) is 5.26. The number of aryl methyl sites for hydroxylation is 1. The Hall–Kier alpha value is -1.22. The van der Waals surface area contributed by atoms with Gasteiger partial charge in [0.1, 0.15) is 9.09 Å². The lowest BCUT2D eigenvalue weighted by atomic mass is 10.3. The van der Waals surface area contributed by atoms with E-state index >= 15 is 0 Å². The molecule has 19 heavy (non-hydrogen) atoms. The van der Waals surface area contributed by atoms with Crippen LogP contribution in [0, 0.1) is 6.92 Å². The van der Waals surface area contributed by atoms with E-state index in [1.54, 1.807) is 0 Å². The fourth-order valence-corrected chi connectivity index (χ4v) is 4.52. The fourth-order valence-electron chi connectivity index (χ4n) is 1.40. The van der Waals surface area contributed by atoms with E-state index < -0.39 is 16.0 Å². The summed E-state index contributed by atoms with van der Waals surface area (Å²) in [5.41, 5.74) is 1.03. The van der Waals surface area contributed by atoms with E-state index in [-0.39, 0.29) is 15.6 Å². The second kappa shape index (κ2) is 5.41. The molecule has 2 N–H and O–H groups in total. The van der Waals surface area contributed by atoms with E-state index in [4.69, 9.17) is 5.11 Å². The topological polar surface area (TPSA) is 83.5 Å². The highest BCUT2D eigenvalue weighted by Crippen LogP contribution is 2.22. The van der Waals surface area contributed by atoms with Crippen LogP contribution in [0.25, 0.3) is 0 Å². The van der Waals surface area contributed by atoms with Crippen LogP contribution in [0.2, 0.25) is 0 Å². The van der Waals surface area contributed by atoms with Crippen molar-refractivity contribution in [3.8, 4) is 0 Å². The Morgan fingerprint density at radius 1 is 1.37 bits per heavy atom. The van der Waals surface area contributed by atoms with Crippen molar-refractivity contribution in [1.29, 1.82) is 0 Å². The quantitative estimate of drug-likeness (QED) is 0.886. The first-order valence-corrected chi connectivity index (χ1v) is 8.44. The van der Waals surface area contributed by atoms with Crippen LogP contribution in [0.15, 0.2) is 27.8 Å². The number of sulfonamides is 1. The van der Waals surface area contributed by atoms with Gasteiger partial charge in [-0.2, -0.15) is 0 Å². The first kappa shape index (κ1) is 14.2. The lowest BCUT2D eigenvalue weighted by Crippen LogP contribution is -2.22. The zero-order valence-corrected chi connectivity index (χ0v) is 12.4. The molecule has 0 saturated heterocycles. The van der Waals surface area contributed by atoms with Crippen LogP contribution in [0.5, 0.6) is 0 Å². The highest BCUT2D eigenvalue weighted by atomic mass is 32.2. The molecule has 5 nitrogen and oxygen atoms in total. The molecule has 0 fully saturated rings. The molecule has 0 radical (unpaired) electrons. The number of hydrogen-bond acceptors (Lipinski definition) is 5. The predicted octanol–water partition coefficient (Wildman–Crippen LogP) is 2.29. The lowest BCUT2D eigenvalue weighted by Gasteiger charge is -2.03. The molecule has 0 aliphatic carbocycles. The van der Waals surface area contributed by atoms with E-state index in [1.807, 2.05) is 18.4 Å². The Balaban J connectivity index is 2.14. The summed E-state index contributed by atoms with van der Waals surface area (Å²) >= 11 is 2.22. The summed E-state index contributed by atoms with van der Waals surface area (Å²) < 4.78 is 26.5. The Labute approximate surface area is 118 Å². The van der Waals surface area contributed by atoms with E-state index in [9.17, 15) is 13.2 Å². The normalized spacial score (nSPS) is 11.6. The maximum atomic E-state index is 12.0. The molecule has 8 heteroatoms. The molecular weight excluding hydrogens is 306 g/mol. The van der Waals surface area contributed by atoms with Crippen LogP contribution in [0.1, 0.15) is 20.1 Å². The van der Waals surface area contributed by atoms with Gasteiger partial charge in [0.15, 0.2) is 0 Å². The summed E-state index contributed by atoms with van der Waals surface area (Å²) in [4.78, 5) is 11.7. The van der Waals surface area contributed by atoms with Gasteiger partial charge >= 0.3 is 5.97 Å². The summed E-state index contributed by atoms with van der Waals surface area (Å²) in [7, 11) is -3.65. The lowest BCUT2D eigenvalue weighted by molar-refractivity contribution is 0.0702. The second-order valence-corrected chi connectivity index (χ2v) is 7.85. The molecule has 0 saturated carbocycles. The van der Waals surface area contributed by atoms with Crippen LogP contribution < -0.4 is 4.72 Å². The van der Waals surface area contributed by atoms with Gasteiger partial charge in [0.2, 0.25) is 10.0 Å². The molecule has 0 bridgehead atoms. The molecule has 2 rings (SSSR count). The highest BCUT2D eigenvalue weighted by Gasteiger charge is 2.19. The summed E-state index contributed by atoms with van der Waals surface area (Å²) in [6.07, 6.45) is 0. The summed E-state index contributed by atoms with van der Waals surface area (Å²) in [5, 5.41) is 10.7. The number of aromatic carboxylic acids is 1. The molecule has 102 valence electrons. The monoisotopic (exact) mass is 317 g/mol. The Morgan fingerprint density at radius 3 is 2.63 bits per heavy atom. The molecule has 2 aromatic rings. The van der Waals surface area contributed by atoms with E-state index in [2.05, 4.69) is 4.72 Å². The minimum absolute atomic E-state index is 0.00711. The van der Waals surface area contributed by atoms with Gasteiger partial charge in [0.05, 0.1) is 0 Å². The number of hydrogen-bond donors (Lipinski definition) is 2. The van der Waals surface area contributed by atoms with E-state index in [0.29, 0.717) is 0 Å². The summed E-state index contributed by atoms with van der Waals surface area (Å²) in [6, 6.07) is 4.51. The first-order chi connectivity index (χ1) is 8.90. The largest absolute Gasteiger partial charge is 0.477 e. The average Bonchev–Trinajstić information content (AvgIpc) is 2.95. The van der Waals surface area contributed by atoms with Crippen molar-refractivity contribution in [3.05, 3.63) is 38.9 Å². The fraction of sp³-hybridized carbons (Fsp3) is 0.182. The predicted molar refractivity (Wildman–Crippen MR) is 74.4 cm³/mol. The van der Waals surface area contributed by atoms with Gasteiger partial charge in [-0.1, -0.05) is 0 Å². The minimum atomic E-state index is -3.65. The van der Waals surface area contributed by atoms with Gasteiger partial charge in [-0.05, 0) is 36.1 Å². The van der Waals surface area contributed by atoms with Crippen LogP contribution in [0.4, 0.5) is 0 Å². The van der Waals surface area contributed by atoms with Crippen molar-refractivity contribution >= 4 is 38.7 Å².